The number of phenolic OH excluding ortho intramolecular Hbond substituents is 1. The SMILES string of the molecule is COc1ccc(S(=O)(=O)c2ccc(OCCCCCOc3ccc(S(=O)(=O)c4ccc(O)cc4)cc3)cc2)cc1. The molecule has 10 heteroatoms. The van der Waals surface area contributed by atoms with Crippen molar-refractivity contribution in [3.63, 3.8) is 0 Å². The number of ether oxygens (including phenoxy) is 3. The third-order valence-corrected chi connectivity index (χ3v) is 9.68. The Morgan fingerprint density at radius 1 is 0.500 bits per heavy atom. The van der Waals surface area contributed by atoms with E-state index in [2.05, 4.69) is 0 Å². The fourth-order valence-electron chi connectivity index (χ4n) is 3.84. The largest absolute Gasteiger partial charge is 0.508 e. The van der Waals surface area contributed by atoms with Crippen LogP contribution in [-0.4, -0.2) is 42.3 Å². The highest BCUT2D eigenvalue weighted by Gasteiger charge is 2.18. The Bertz CT molecular complexity index is 1600. The van der Waals surface area contributed by atoms with Crippen LogP contribution in [0.3, 0.4) is 0 Å². The van der Waals surface area contributed by atoms with E-state index < -0.39 is 19.7 Å². The predicted molar refractivity (Wildman–Crippen MR) is 150 cm³/mol. The predicted octanol–water partition coefficient (Wildman–Crippen LogP) is 5.69. The van der Waals surface area contributed by atoms with E-state index >= 15 is 0 Å². The van der Waals surface area contributed by atoms with Crippen LogP contribution in [-0.2, 0) is 19.7 Å². The maximum atomic E-state index is 12.8. The topological polar surface area (TPSA) is 116 Å². The number of hydrogen-bond acceptors (Lipinski definition) is 8. The Morgan fingerprint density at radius 3 is 1.18 bits per heavy atom. The number of hydrogen-bond donors (Lipinski definition) is 1. The molecule has 0 aromatic heterocycles. The van der Waals surface area contributed by atoms with Gasteiger partial charge in [-0.1, -0.05) is 0 Å². The zero-order chi connectivity index (χ0) is 28.6. The molecule has 0 spiro atoms. The molecule has 0 amide bonds. The molecule has 8 nitrogen and oxygen atoms in total. The molecular weight excluding hydrogens is 552 g/mol. The van der Waals surface area contributed by atoms with Gasteiger partial charge in [0, 0.05) is 0 Å². The summed E-state index contributed by atoms with van der Waals surface area (Å²) >= 11 is 0. The van der Waals surface area contributed by atoms with E-state index in [0.29, 0.717) is 30.5 Å². The van der Waals surface area contributed by atoms with Crippen LogP contribution in [0.25, 0.3) is 0 Å². The summed E-state index contributed by atoms with van der Waals surface area (Å²) in [5.41, 5.74) is 0. The Kier molecular flexibility index (Phi) is 9.34. The lowest BCUT2D eigenvalue weighted by molar-refractivity contribution is 0.279. The second-order valence-electron chi connectivity index (χ2n) is 8.88. The van der Waals surface area contributed by atoms with Crippen molar-refractivity contribution in [3.05, 3.63) is 97.1 Å². The van der Waals surface area contributed by atoms with Crippen LogP contribution in [0, 0.1) is 0 Å². The molecule has 40 heavy (non-hydrogen) atoms. The second kappa shape index (κ2) is 12.9. The van der Waals surface area contributed by atoms with Crippen LogP contribution in [0.2, 0.25) is 0 Å². The number of aromatic hydroxyl groups is 1. The lowest BCUT2D eigenvalue weighted by atomic mass is 10.2. The van der Waals surface area contributed by atoms with E-state index in [-0.39, 0.29) is 25.3 Å². The van der Waals surface area contributed by atoms with Gasteiger partial charge in [0.15, 0.2) is 0 Å². The molecule has 0 aliphatic rings. The van der Waals surface area contributed by atoms with Gasteiger partial charge in [-0.05, 0) is 116 Å². The first-order valence-electron chi connectivity index (χ1n) is 12.6. The first-order chi connectivity index (χ1) is 19.2. The van der Waals surface area contributed by atoms with E-state index in [1.165, 1.54) is 67.8 Å². The molecule has 0 radical (unpaired) electrons. The summed E-state index contributed by atoms with van der Waals surface area (Å²) in [5.74, 6) is 1.75. The third-order valence-electron chi connectivity index (χ3n) is 6.11. The Balaban J connectivity index is 1.17. The maximum absolute atomic E-state index is 12.8. The summed E-state index contributed by atoms with van der Waals surface area (Å²) in [6.07, 6.45) is 2.44. The minimum Gasteiger partial charge on any atom is -0.508 e. The molecule has 0 aliphatic carbocycles. The summed E-state index contributed by atoms with van der Waals surface area (Å²) in [4.78, 5) is 0.636. The highest BCUT2D eigenvalue weighted by atomic mass is 32.2. The number of phenols is 1. The molecule has 1 N–H and O–H groups in total. The van der Waals surface area contributed by atoms with Gasteiger partial charge in [0.05, 0.1) is 39.9 Å². The molecule has 0 atom stereocenters. The zero-order valence-electron chi connectivity index (χ0n) is 21.9. The molecule has 4 aromatic rings. The molecule has 4 rings (SSSR count). The molecule has 0 saturated carbocycles. The van der Waals surface area contributed by atoms with Crippen LogP contribution in [0.1, 0.15) is 19.3 Å². The highest BCUT2D eigenvalue weighted by Crippen LogP contribution is 2.26. The van der Waals surface area contributed by atoms with Crippen LogP contribution in [0.15, 0.2) is 117 Å². The molecule has 210 valence electrons. The summed E-state index contributed by atoms with van der Waals surface area (Å²) < 4.78 is 67.5. The highest BCUT2D eigenvalue weighted by molar-refractivity contribution is 7.91. The van der Waals surface area contributed by atoms with Crippen molar-refractivity contribution in [2.45, 2.75) is 38.8 Å². The van der Waals surface area contributed by atoms with Gasteiger partial charge in [-0.2, -0.15) is 0 Å². The minimum atomic E-state index is -3.67. The molecular formula is C30H30O8S2. The van der Waals surface area contributed by atoms with Gasteiger partial charge in [-0.25, -0.2) is 16.8 Å². The monoisotopic (exact) mass is 582 g/mol. The van der Waals surface area contributed by atoms with Gasteiger partial charge in [-0.15, -0.1) is 0 Å². The average molecular weight is 583 g/mol. The van der Waals surface area contributed by atoms with Crippen molar-refractivity contribution in [3.8, 4) is 23.0 Å². The number of methoxy groups -OCH3 is 1. The minimum absolute atomic E-state index is 0.00206. The normalized spacial score (nSPS) is 11.6. The van der Waals surface area contributed by atoms with Crippen LogP contribution >= 0.6 is 0 Å². The van der Waals surface area contributed by atoms with Crippen molar-refractivity contribution in [1.29, 1.82) is 0 Å². The van der Waals surface area contributed by atoms with Gasteiger partial charge in [0.1, 0.15) is 23.0 Å². The fourth-order valence-corrected chi connectivity index (χ4v) is 6.37. The lowest BCUT2D eigenvalue weighted by Crippen LogP contribution is -2.03. The fraction of sp³-hybridized carbons (Fsp3) is 0.200. The third kappa shape index (κ3) is 7.13. The van der Waals surface area contributed by atoms with Gasteiger partial charge >= 0.3 is 0 Å². The van der Waals surface area contributed by atoms with Crippen molar-refractivity contribution < 1.29 is 36.2 Å². The Morgan fingerprint density at radius 2 is 0.825 bits per heavy atom. The van der Waals surface area contributed by atoms with Gasteiger partial charge in [0.25, 0.3) is 0 Å². The van der Waals surface area contributed by atoms with Gasteiger partial charge in [-0.3, -0.25) is 0 Å². The molecule has 0 fully saturated rings. The smallest absolute Gasteiger partial charge is 0.206 e. The van der Waals surface area contributed by atoms with Crippen molar-refractivity contribution in [2.24, 2.45) is 0 Å². The Hall–Kier alpha value is -4.02. The molecule has 4 aromatic carbocycles. The number of sulfone groups is 2. The molecule has 0 unspecified atom stereocenters. The van der Waals surface area contributed by atoms with E-state index in [1.54, 1.807) is 36.4 Å². The van der Waals surface area contributed by atoms with E-state index in [9.17, 15) is 21.9 Å². The van der Waals surface area contributed by atoms with Crippen molar-refractivity contribution in [1.82, 2.24) is 0 Å². The summed E-state index contributed by atoms with van der Waals surface area (Å²) in [7, 11) is -5.77. The zero-order valence-corrected chi connectivity index (χ0v) is 23.5. The number of benzene rings is 4. The van der Waals surface area contributed by atoms with Crippen LogP contribution < -0.4 is 14.2 Å². The van der Waals surface area contributed by atoms with Crippen LogP contribution in [0.5, 0.6) is 23.0 Å². The Labute approximate surface area is 234 Å². The van der Waals surface area contributed by atoms with Crippen molar-refractivity contribution >= 4 is 19.7 Å². The standard InChI is InChI=1S/C30H30O8S2/c1-36-24-7-15-28(16-8-24)40(34,35)30-19-11-26(12-20-30)38-22-4-2-3-21-37-25-9-17-29(18-10-25)39(32,33)27-13-5-23(31)6-14-27/h5-20,31H,2-4,21-22H2,1H3. The van der Waals surface area contributed by atoms with Crippen LogP contribution in [0.4, 0.5) is 0 Å². The lowest BCUT2D eigenvalue weighted by Gasteiger charge is -2.10. The van der Waals surface area contributed by atoms with Gasteiger partial charge < -0.3 is 19.3 Å². The quantitative estimate of drug-likeness (QED) is 0.200. The summed E-state index contributed by atoms with van der Waals surface area (Å²) in [6, 6.07) is 24.2. The molecule has 0 heterocycles. The maximum Gasteiger partial charge on any atom is 0.206 e. The summed E-state index contributed by atoms with van der Waals surface area (Å²) in [6.45, 7) is 0.955. The van der Waals surface area contributed by atoms with E-state index in [4.69, 9.17) is 14.2 Å². The second-order valence-corrected chi connectivity index (χ2v) is 12.8. The van der Waals surface area contributed by atoms with E-state index in [1.807, 2.05) is 0 Å². The number of rotatable bonds is 13. The first-order valence-corrected chi connectivity index (χ1v) is 15.6. The molecule has 0 aliphatic heterocycles. The summed E-state index contributed by atoms with van der Waals surface area (Å²) in [5, 5.41) is 9.37. The van der Waals surface area contributed by atoms with E-state index in [0.717, 1.165) is 19.3 Å². The number of unbranched alkanes of at least 4 members (excludes halogenated alkanes) is 2. The van der Waals surface area contributed by atoms with Crippen molar-refractivity contribution in [2.75, 3.05) is 20.3 Å². The first kappa shape index (κ1) is 29.0. The molecule has 0 bridgehead atoms. The molecule has 0 saturated heterocycles. The average Bonchev–Trinajstić information content (AvgIpc) is 2.97. The van der Waals surface area contributed by atoms with Gasteiger partial charge in [0.2, 0.25) is 19.7 Å².